The van der Waals surface area contributed by atoms with Gasteiger partial charge in [-0.15, -0.1) is 11.3 Å². The largest absolute Gasteiger partial charge is 0.598 e. The minimum atomic E-state index is -1.30. The third kappa shape index (κ3) is 4.32. The summed E-state index contributed by atoms with van der Waals surface area (Å²) in [4.78, 5) is 0. The second kappa shape index (κ2) is 6.60. The van der Waals surface area contributed by atoms with Crippen molar-refractivity contribution < 1.29 is 8.94 Å². The maximum atomic E-state index is 14.1. The van der Waals surface area contributed by atoms with Crippen molar-refractivity contribution in [3.05, 3.63) is 46.7 Å². The first-order chi connectivity index (χ1) is 9.10. The molecule has 1 aromatic rings. The summed E-state index contributed by atoms with van der Waals surface area (Å²) in [7, 11) is 0. The SMILES string of the molecule is C=CC[C@](C)(N[S+]([O-])C(C)(C)C)c1cc(Br)ccc1F. The monoisotopic (exact) mass is 361 g/mol. The first-order valence-corrected chi connectivity index (χ1v) is 8.30. The zero-order chi connectivity index (χ0) is 15.6. The minimum absolute atomic E-state index is 0.323. The molecule has 1 N–H and O–H groups in total. The van der Waals surface area contributed by atoms with Gasteiger partial charge in [0.2, 0.25) is 0 Å². The molecule has 20 heavy (non-hydrogen) atoms. The zero-order valence-corrected chi connectivity index (χ0v) is 14.7. The minimum Gasteiger partial charge on any atom is -0.598 e. The van der Waals surface area contributed by atoms with Crippen molar-refractivity contribution >= 4 is 27.3 Å². The van der Waals surface area contributed by atoms with Crippen LogP contribution in [0.2, 0.25) is 0 Å². The van der Waals surface area contributed by atoms with Gasteiger partial charge in [-0.25, -0.2) is 4.39 Å². The lowest BCUT2D eigenvalue weighted by Crippen LogP contribution is -2.50. The number of halogens is 2. The van der Waals surface area contributed by atoms with E-state index in [9.17, 15) is 8.94 Å². The van der Waals surface area contributed by atoms with Gasteiger partial charge in [-0.3, -0.25) is 0 Å². The van der Waals surface area contributed by atoms with Gasteiger partial charge in [-0.2, -0.15) is 0 Å². The van der Waals surface area contributed by atoms with Gasteiger partial charge in [0.25, 0.3) is 0 Å². The molecular weight excluding hydrogens is 341 g/mol. The van der Waals surface area contributed by atoms with E-state index in [1.807, 2.05) is 27.7 Å². The molecule has 0 saturated heterocycles. The lowest BCUT2D eigenvalue weighted by atomic mass is 9.89. The number of hydrogen-bond acceptors (Lipinski definition) is 2. The highest BCUT2D eigenvalue weighted by Crippen LogP contribution is 2.32. The Morgan fingerprint density at radius 1 is 1.40 bits per heavy atom. The number of rotatable bonds is 5. The summed E-state index contributed by atoms with van der Waals surface area (Å²) in [5.41, 5.74) is -0.294. The molecule has 0 amide bonds. The fraction of sp³-hybridized carbons (Fsp3) is 0.467. The third-order valence-corrected chi connectivity index (χ3v) is 5.19. The molecule has 0 heterocycles. The summed E-state index contributed by atoms with van der Waals surface area (Å²) in [6.07, 6.45) is 2.18. The van der Waals surface area contributed by atoms with E-state index in [0.717, 1.165) is 4.47 Å². The van der Waals surface area contributed by atoms with Gasteiger partial charge in [0.05, 0.1) is 5.54 Å². The number of hydrogen-bond donors (Lipinski definition) is 1. The molecule has 0 bridgehead atoms. The summed E-state index contributed by atoms with van der Waals surface area (Å²) in [6, 6.07) is 4.77. The predicted molar refractivity (Wildman–Crippen MR) is 87.3 cm³/mol. The van der Waals surface area contributed by atoms with E-state index < -0.39 is 21.6 Å². The van der Waals surface area contributed by atoms with E-state index >= 15 is 0 Å². The van der Waals surface area contributed by atoms with E-state index in [1.54, 1.807) is 18.2 Å². The van der Waals surface area contributed by atoms with Gasteiger partial charge in [0, 0.05) is 21.4 Å². The molecule has 0 aliphatic carbocycles. The molecule has 2 nitrogen and oxygen atoms in total. The van der Waals surface area contributed by atoms with Crippen LogP contribution < -0.4 is 4.72 Å². The molecular formula is C15H21BrFNOS. The van der Waals surface area contributed by atoms with E-state index in [2.05, 4.69) is 27.2 Å². The van der Waals surface area contributed by atoms with E-state index in [-0.39, 0.29) is 5.82 Å². The Labute approximate surface area is 132 Å². The summed E-state index contributed by atoms with van der Waals surface area (Å²) in [5, 5.41) is 0. The van der Waals surface area contributed by atoms with Crippen molar-refractivity contribution in [3.63, 3.8) is 0 Å². The normalized spacial score (nSPS) is 16.6. The second-order valence-corrected chi connectivity index (χ2v) is 8.81. The van der Waals surface area contributed by atoms with Crippen molar-refractivity contribution in [1.29, 1.82) is 0 Å². The van der Waals surface area contributed by atoms with Gasteiger partial charge in [0.1, 0.15) is 10.6 Å². The fourth-order valence-electron chi connectivity index (χ4n) is 1.77. The van der Waals surface area contributed by atoms with Crippen LogP contribution in [0.5, 0.6) is 0 Å². The van der Waals surface area contributed by atoms with E-state index in [0.29, 0.717) is 12.0 Å². The van der Waals surface area contributed by atoms with E-state index in [1.165, 1.54) is 6.07 Å². The summed E-state index contributed by atoms with van der Waals surface area (Å²) in [5.74, 6) is -0.323. The maximum absolute atomic E-state index is 14.1. The standard InChI is InChI=1S/C15H21BrFNOS/c1-6-9-15(5,18-20(19)14(2,3)4)12-10-11(16)7-8-13(12)17/h6-8,10,18H,1,9H2,2-5H3/t15-,20?/m0/s1. The lowest BCUT2D eigenvalue weighted by molar-refractivity contribution is 0.406. The predicted octanol–water partition coefficient (Wildman–Crippen LogP) is 4.43. The first kappa shape index (κ1) is 17.7. The highest BCUT2D eigenvalue weighted by Gasteiger charge is 2.37. The molecule has 1 aromatic carbocycles. The summed E-state index contributed by atoms with van der Waals surface area (Å²) < 4.78 is 29.9. The summed E-state index contributed by atoms with van der Waals surface area (Å²) in [6.45, 7) is 11.2. The van der Waals surface area contributed by atoms with Gasteiger partial charge in [0.15, 0.2) is 0 Å². The molecule has 0 aliphatic rings. The Kier molecular flexibility index (Phi) is 5.84. The Hall–Kier alpha value is -0.360. The number of nitrogens with one attached hydrogen (secondary N) is 1. The van der Waals surface area contributed by atoms with Crippen LogP contribution >= 0.6 is 15.9 Å². The Bertz CT molecular complexity index is 489. The van der Waals surface area contributed by atoms with Gasteiger partial charge < -0.3 is 4.55 Å². The molecule has 1 unspecified atom stereocenters. The molecule has 0 fully saturated rings. The summed E-state index contributed by atoms with van der Waals surface area (Å²) >= 11 is 2.05. The van der Waals surface area contributed by atoms with Crippen molar-refractivity contribution in [3.8, 4) is 0 Å². The molecule has 0 aromatic heterocycles. The van der Waals surface area contributed by atoms with Crippen molar-refractivity contribution in [2.45, 2.75) is 44.4 Å². The average Bonchev–Trinajstić information content (AvgIpc) is 2.31. The van der Waals surface area contributed by atoms with Crippen molar-refractivity contribution in [2.24, 2.45) is 0 Å². The third-order valence-electron chi connectivity index (χ3n) is 2.95. The van der Waals surface area contributed by atoms with Crippen LogP contribution in [0.4, 0.5) is 4.39 Å². The topological polar surface area (TPSA) is 35.1 Å². The highest BCUT2D eigenvalue weighted by atomic mass is 79.9. The Morgan fingerprint density at radius 2 is 2.00 bits per heavy atom. The van der Waals surface area contributed by atoms with Crippen LogP contribution in [0.15, 0.2) is 35.3 Å². The second-order valence-electron chi connectivity index (χ2n) is 5.93. The molecule has 0 spiro atoms. The van der Waals surface area contributed by atoms with E-state index in [4.69, 9.17) is 0 Å². The maximum Gasteiger partial charge on any atom is 0.136 e. The molecule has 1 rings (SSSR count). The van der Waals surface area contributed by atoms with Gasteiger partial charge in [-0.05, 0) is 52.3 Å². The van der Waals surface area contributed by atoms with Crippen LogP contribution in [-0.2, 0) is 16.9 Å². The average molecular weight is 362 g/mol. The highest BCUT2D eigenvalue weighted by molar-refractivity contribution is 9.10. The molecule has 0 saturated carbocycles. The first-order valence-electron chi connectivity index (χ1n) is 6.36. The smallest absolute Gasteiger partial charge is 0.136 e. The van der Waals surface area contributed by atoms with Crippen molar-refractivity contribution in [1.82, 2.24) is 4.72 Å². The van der Waals surface area contributed by atoms with Crippen molar-refractivity contribution in [2.75, 3.05) is 0 Å². The van der Waals surface area contributed by atoms with Crippen LogP contribution in [0.1, 0.15) is 39.7 Å². The molecule has 0 aliphatic heterocycles. The van der Waals surface area contributed by atoms with Crippen LogP contribution in [0.3, 0.4) is 0 Å². The Morgan fingerprint density at radius 3 is 2.50 bits per heavy atom. The lowest BCUT2D eigenvalue weighted by Gasteiger charge is -2.35. The number of benzene rings is 1. The quantitative estimate of drug-likeness (QED) is 0.621. The molecule has 0 radical (unpaired) electrons. The molecule has 2 atom stereocenters. The fourth-order valence-corrected chi connectivity index (χ4v) is 3.04. The van der Waals surface area contributed by atoms with Gasteiger partial charge in [-0.1, -0.05) is 22.0 Å². The van der Waals surface area contributed by atoms with Crippen LogP contribution in [-0.4, -0.2) is 9.30 Å². The molecule has 5 heteroatoms. The van der Waals surface area contributed by atoms with Crippen LogP contribution in [0.25, 0.3) is 0 Å². The Balaban J connectivity index is 3.20. The molecule has 112 valence electrons. The van der Waals surface area contributed by atoms with Gasteiger partial charge >= 0.3 is 0 Å². The van der Waals surface area contributed by atoms with Crippen LogP contribution in [0, 0.1) is 5.82 Å². The zero-order valence-electron chi connectivity index (χ0n) is 12.3.